The average molecular weight is 373 g/mol. The highest BCUT2D eigenvalue weighted by molar-refractivity contribution is 7.80. The molecule has 0 bridgehead atoms. The Bertz CT molecular complexity index is 1090. The summed E-state index contributed by atoms with van der Waals surface area (Å²) in [7, 11) is 0. The van der Waals surface area contributed by atoms with Crippen LogP contribution in [-0.4, -0.2) is 16.0 Å². The first kappa shape index (κ1) is 16.9. The summed E-state index contributed by atoms with van der Waals surface area (Å²) < 4.78 is 5.52. The number of carbonyl (C=O) groups excluding carboxylic acids is 1. The number of rotatable bonds is 3. The lowest BCUT2D eigenvalue weighted by Gasteiger charge is -2.10. The minimum Gasteiger partial charge on any atom is -0.451 e. The number of furan rings is 1. The number of hydrogen-bond donors (Lipinski definition) is 2. The molecule has 0 aliphatic carbocycles. The van der Waals surface area contributed by atoms with Crippen LogP contribution >= 0.6 is 12.2 Å². The van der Waals surface area contributed by atoms with Crippen molar-refractivity contribution < 1.29 is 9.21 Å². The first-order valence-electron chi connectivity index (χ1n) is 8.30. The third-order valence-electron chi connectivity index (χ3n) is 4.00. The highest BCUT2D eigenvalue weighted by atomic mass is 32.1. The molecule has 0 atom stereocenters. The Morgan fingerprint density at radius 3 is 2.59 bits per heavy atom. The molecule has 4 aromatic rings. The first-order chi connectivity index (χ1) is 13.2. The van der Waals surface area contributed by atoms with Gasteiger partial charge in [-0.1, -0.05) is 42.5 Å². The molecule has 27 heavy (non-hydrogen) atoms. The summed E-state index contributed by atoms with van der Waals surface area (Å²) in [6.07, 6.45) is 3.25. The van der Waals surface area contributed by atoms with Crippen molar-refractivity contribution in [2.24, 2.45) is 0 Å². The van der Waals surface area contributed by atoms with E-state index in [-0.39, 0.29) is 10.9 Å². The van der Waals surface area contributed by atoms with E-state index in [2.05, 4.69) is 15.6 Å². The summed E-state index contributed by atoms with van der Waals surface area (Å²) in [6.45, 7) is 0. The molecule has 0 unspecified atom stereocenters. The quantitative estimate of drug-likeness (QED) is 0.513. The number of hydrogen-bond acceptors (Lipinski definition) is 4. The summed E-state index contributed by atoms with van der Waals surface area (Å²) in [5.74, 6) is -0.233. The molecule has 0 spiro atoms. The van der Waals surface area contributed by atoms with Crippen LogP contribution in [0, 0.1) is 0 Å². The lowest BCUT2D eigenvalue weighted by molar-refractivity contribution is 0.0953. The van der Waals surface area contributed by atoms with E-state index in [0.29, 0.717) is 5.58 Å². The number of fused-ring (bicyclic) bond motifs is 1. The smallest absolute Gasteiger partial charge is 0.293 e. The van der Waals surface area contributed by atoms with Crippen LogP contribution in [0.3, 0.4) is 0 Å². The molecule has 0 saturated heterocycles. The number of carbonyl (C=O) groups is 1. The van der Waals surface area contributed by atoms with Gasteiger partial charge in [0.1, 0.15) is 5.58 Å². The minimum absolute atomic E-state index is 0.181. The largest absolute Gasteiger partial charge is 0.451 e. The molecule has 0 radical (unpaired) electrons. The van der Waals surface area contributed by atoms with E-state index in [9.17, 15) is 4.79 Å². The SMILES string of the molecule is O=C(NC(=S)Nc1cccc(-c2ccccc2)c1)c1cc2cnccc2o1. The number of aromatic nitrogens is 1. The monoisotopic (exact) mass is 373 g/mol. The van der Waals surface area contributed by atoms with Crippen LogP contribution in [0.25, 0.3) is 22.1 Å². The van der Waals surface area contributed by atoms with E-state index < -0.39 is 5.91 Å². The van der Waals surface area contributed by atoms with Crippen molar-refractivity contribution in [2.75, 3.05) is 5.32 Å². The molecule has 1 amide bonds. The van der Waals surface area contributed by atoms with Crippen molar-refractivity contribution in [1.29, 1.82) is 0 Å². The maximum atomic E-state index is 12.4. The van der Waals surface area contributed by atoms with E-state index in [4.69, 9.17) is 16.6 Å². The van der Waals surface area contributed by atoms with Gasteiger partial charge in [-0.05, 0) is 47.6 Å². The number of amides is 1. The number of benzene rings is 2. The summed E-state index contributed by atoms with van der Waals surface area (Å²) in [6, 6.07) is 21.2. The second-order valence-electron chi connectivity index (χ2n) is 5.88. The van der Waals surface area contributed by atoms with E-state index in [0.717, 1.165) is 22.2 Å². The van der Waals surface area contributed by atoms with Gasteiger partial charge in [0.15, 0.2) is 10.9 Å². The average Bonchev–Trinajstić information content (AvgIpc) is 3.13. The molecule has 0 fully saturated rings. The number of anilines is 1. The Morgan fingerprint density at radius 1 is 0.963 bits per heavy atom. The lowest BCUT2D eigenvalue weighted by Crippen LogP contribution is -2.33. The zero-order valence-corrected chi connectivity index (χ0v) is 15.0. The summed E-state index contributed by atoms with van der Waals surface area (Å²) in [5, 5.41) is 6.62. The van der Waals surface area contributed by atoms with E-state index in [1.165, 1.54) is 0 Å². The topological polar surface area (TPSA) is 67.2 Å². The van der Waals surface area contributed by atoms with Crippen LogP contribution in [0.2, 0.25) is 0 Å². The fourth-order valence-corrected chi connectivity index (χ4v) is 2.94. The Hall–Kier alpha value is -3.51. The van der Waals surface area contributed by atoms with Crippen LogP contribution in [0.1, 0.15) is 10.6 Å². The van der Waals surface area contributed by atoms with Gasteiger partial charge in [-0.15, -0.1) is 0 Å². The van der Waals surface area contributed by atoms with E-state index >= 15 is 0 Å². The molecule has 5 nitrogen and oxygen atoms in total. The van der Waals surface area contributed by atoms with Gasteiger partial charge in [0, 0.05) is 23.5 Å². The Labute approximate surface area is 161 Å². The van der Waals surface area contributed by atoms with Gasteiger partial charge in [0.05, 0.1) is 0 Å². The molecule has 2 N–H and O–H groups in total. The number of nitrogens with zero attached hydrogens (tertiary/aromatic N) is 1. The summed E-state index contributed by atoms with van der Waals surface area (Å²) >= 11 is 5.26. The van der Waals surface area contributed by atoms with E-state index in [1.807, 2.05) is 54.6 Å². The Morgan fingerprint density at radius 2 is 1.78 bits per heavy atom. The third-order valence-corrected chi connectivity index (χ3v) is 4.20. The minimum atomic E-state index is -0.414. The zero-order chi connectivity index (χ0) is 18.6. The lowest BCUT2D eigenvalue weighted by atomic mass is 10.1. The molecular formula is C21H15N3O2S. The van der Waals surface area contributed by atoms with Crippen molar-refractivity contribution in [3.8, 4) is 11.1 Å². The zero-order valence-electron chi connectivity index (χ0n) is 14.2. The van der Waals surface area contributed by atoms with Crippen molar-refractivity contribution in [3.05, 3.63) is 84.9 Å². The second-order valence-corrected chi connectivity index (χ2v) is 6.29. The van der Waals surface area contributed by atoms with Gasteiger partial charge < -0.3 is 9.73 Å². The van der Waals surface area contributed by atoms with Crippen LogP contribution in [0.15, 0.2) is 83.5 Å². The number of nitrogens with one attached hydrogen (secondary N) is 2. The van der Waals surface area contributed by atoms with Crippen molar-refractivity contribution in [3.63, 3.8) is 0 Å². The van der Waals surface area contributed by atoms with Gasteiger partial charge in [-0.25, -0.2) is 0 Å². The van der Waals surface area contributed by atoms with Crippen LogP contribution in [0.4, 0.5) is 5.69 Å². The van der Waals surface area contributed by atoms with Crippen LogP contribution in [-0.2, 0) is 0 Å². The van der Waals surface area contributed by atoms with Crippen LogP contribution in [0.5, 0.6) is 0 Å². The molecule has 4 rings (SSSR count). The fourth-order valence-electron chi connectivity index (χ4n) is 2.73. The first-order valence-corrected chi connectivity index (χ1v) is 8.71. The molecule has 2 aromatic heterocycles. The molecule has 6 heteroatoms. The van der Waals surface area contributed by atoms with E-state index in [1.54, 1.807) is 24.5 Å². The normalized spacial score (nSPS) is 10.5. The third kappa shape index (κ3) is 3.86. The maximum Gasteiger partial charge on any atom is 0.293 e. The van der Waals surface area contributed by atoms with Gasteiger partial charge in [0.2, 0.25) is 0 Å². The molecule has 0 aliphatic heterocycles. The Balaban J connectivity index is 1.45. The highest BCUT2D eigenvalue weighted by Crippen LogP contribution is 2.22. The Kier molecular flexibility index (Phi) is 4.63. The van der Waals surface area contributed by atoms with Gasteiger partial charge in [-0.2, -0.15) is 0 Å². The molecule has 132 valence electrons. The maximum absolute atomic E-state index is 12.4. The van der Waals surface area contributed by atoms with Crippen molar-refractivity contribution >= 4 is 39.9 Å². The van der Waals surface area contributed by atoms with Crippen LogP contribution < -0.4 is 10.6 Å². The predicted molar refractivity (Wildman–Crippen MR) is 110 cm³/mol. The second kappa shape index (κ2) is 7.39. The molecule has 2 heterocycles. The summed E-state index contributed by atoms with van der Waals surface area (Å²) in [4.78, 5) is 16.4. The van der Waals surface area contributed by atoms with Gasteiger partial charge >= 0.3 is 0 Å². The molecule has 2 aromatic carbocycles. The predicted octanol–water partition coefficient (Wildman–Crippen LogP) is 4.62. The van der Waals surface area contributed by atoms with Gasteiger partial charge in [0.25, 0.3) is 5.91 Å². The molecule has 0 aliphatic rings. The number of thiocarbonyl (C=S) groups is 1. The fraction of sp³-hybridized carbons (Fsp3) is 0. The number of pyridine rings is 1. The van der Waals surface area contributed by atoms with Crippen molar-refractivity contribution in [2.45, 2.75) is 0 Å². The standard InChI is InChI=1S/C21H15N3O2S/c25-20(19-12-16-13-22-10-9-18(16)26-19)24-21(27)23-17-8-4-7-15(11-17)14-5-2-1-3-6-14/h1-13H,(H2,23,24,25,27). The van der Waals surface area contributed by atoms with Gasteiger partial charge in [-0.3, -0.25) is 15.1 Å². The van der Waals surface area contributed by atoms with Crippen molar-refractivity contribution in [1.82, 2.24) is 10.3 Å². The highest BCUT2D eigenvalue weighted by Gasteiger charge is 2.14. The molecule has 0 saturated carbocycles. The molecular weight excluding hydrogens is 358 g/mol. The summed E-state index contributed by atoms with van der Waals surface area (Å²) in [5.41, 5.74) is 3.55.